The van der Waals surface area contributed by atoms with Crippen LogP contribution in [0, 0.1) is 68.0 Å². The van der Waals surface area contributed by atoms with E-state index in [0.717, 1.165) is 37.8 Å². The number of aromatic nitrogens is 1. The lowest BCUT2D eigenvalue weighted by atomic mass is 9.33. The molecule has 9 nitrogen and oxygen atoms in total. The number of carbonyl (C=O) groups is 1. The molecule has 318 valence electrons. The Bertz CT molecular complexity index is 1980. The van der Waals surface area contributed by atoms with Gasteiger partial charge < -0.3 is 20.1 Å². The molecule has 58 heavy (non-hydrogen) atoms. The van der Waals surface area contributed by atoms with E-state index < -0.39 is 21.2 Å². The number of hydrogen-bond donors (Lipinski definition) is 2. The van der Waals surface area contributed by atoms with E-state index in [4.69, 9.17) is 4.74 Å². The number of carboxylic acids is 1. The number of pyridine rings is 1. The Kier molecular flexibility index (Phi) is 10.9. The molecule has 2 heterocycles. The predicted molar refractivity (Wildman–Crippen MR) is 228 cm³/mol. The largest absolute Gasteiger partial charge is 0.481 e. The molecule has 0 aromatic carbocycles. The van der Waals surface area contributed by atoms with Crippen LogP contribution in [-0.2, 0) is 14.6 Å². The van der Waals surface area contributed by atoms with Crippen LogP contribution in [0.3, 0.4) is 0 Å². The molecule has 8 rings (SSSR count). The third-order valence-electron chi connectivity index (χ3n) is 18.8. The van der Waals surface area contributed by atoms with Gasteiger partial charge in [0.2, 0.25) is 5.88 Å². The standard InChI is InChI=1S/C48H70N4O5S/c1-7-33-15-22-48(50-25-26-52-27-29-58(55,56)30-28-52)24-23-45(5)37(41(33)48)11-12-39-44(4)18-16-36(43(2,3)38(44)17-19-46(39,45)6)34-13-20-47(21-14-34,42(53)54)32-57-40-10-8-9-35(31-49)51-40/h8-10,13,16,33,37-39,41,50H,7,11-12,14-15,17-30,32H2,1-6H3,(H,53,54)/t33-,37-,38+,39-,41-,44+,45-,46-,47?,48+/m1/s1. The average molecular weight is 815 g/mol. The quantitative estimate of drug-likeness (QED) is 0.238. The molecule has 1 aromatic heterocycles. The van der Waals surface area contributed by atoms with Crippen LogP contribution in [-0.4, -0.2) is 79.2 Å². The van der Waals surface area contributed by atoms with E-state index in [1.54, 1.807) is 18.2 Å². The van der Waals surface area contributed by atoms with Crippen molar-refractivity contribution < 1.29 is 23.1 Å². The van der Waals surface area contributed by atoms with E-state index in [0.29, 0.717) is 66.5 Å². The lowest BCUT2D eigenvalue weighted by molar-refractivity contribution is -0.222. The van der Waals surface area contributed by atoms with Gasteiger partial charge in [-0.2, -0.15) is 5.26 Å². The summed E-state index contributed by atoms with van der Waals surface area (Å²) in [6.07, 6.45) is 19.1. The SMILES string of the molecule is CC[C@@H]1CC[C@]2(NCCN3CCS(=O)(=O)CC3)CC[C@]3(C)[C@H](CC[C@@H]4[C@@]5(C)CC=C(C6=CCC(COc7cccc(C#N)n7)(C(=O)O)CC6)C(C)(C)[C@@H]5CC[C@]43C)[C@@H]12. The molecular weight excluding hydrogens is 745 g/mol. The average Bonchev–Trinajstić information content (AvgIpc) is 3.57. The van der Waals surface area contributed by atoms with Gasteiger partial charge in [-0.3, -0.25) is 4.79 Å². The molecule has 0 amide bonds. The highest BCUT2D eigenvalue weighted by Gasteiger charge is 2.70. The smallest absolute Gasteiger partial charge is 0.313 e. The van der Waals surface area contributed by atoms with Crippen molar-refractivity contribution in [2.75, 3.05) is 44.3 Å². The highest BCUT2D eigenvalue weighted by Crippen LogP contribution is 2.76. The molecule has 1 unspecified atom stereocenters. The fraction of sp³-hybridized carbons (Fsp3) is 0.771. The van der Waals surface area contributed by atoms with Gasteiger partial charge in [0.05, 0.1) is 11.5 Å². The lowest BCUT2D eigenvalue weighted by Gasteiger charge is -2.72. The molecule has 1 aromatic rings. The molecule has 7 aliphatic rings. The van der Waals surface area contributed by atoms with Gasteiger partial charge in [-0.25, -0.2) is 13.4 Å². The van der Waals surface area contributed by atoms with Crippen LogP contribution in [0.5, 0.6) is 5.88 Å². The van der Waals surface area contributed by atoms with E-state index >= 15 is 0 Å². The summed E-state index contributed by atoms with van der Waals surface area (Å²) in [5.74, 6) is 3.48. The number of hydrogen-bond acceptors (Lipinski definition) is 8. The van der Waals surface area contributed by atoms with Crippen LogP contribution in [0.25, 0.3) is 0 Å². The normalized spacial score (nSPS) is 41.7. The third kappa shape index (κ3) is 6.71. The van der Waals surface area contributed by atoms with Crippen LogP contribution < -0.4 is 10.1 Å². The number of sulfone groups is 1. The van der Waals surface area contributed by atoms with E-state index in [2.05, 4.69) is 68.9 Å². The van der Waals surface area contributed by atoms with Crippen molar-refractivity contribution in [1.82, 2.24) is 15.2 Å². The maximum absolute atomic E-state index is 12.8. The van der Waals surface area contributed by atoms with Crippen LogP contribution in [0.1, 0.15) is 131 Å². The molecular formula is C48H70N4O5S. The monoisotopic (exact) mass is 815 g/mol. The van der Waals surface area contributed by atoms with Gasteiger partial charge in [0.1, 0.15) is 23.8 Å². The summed E-state index contributed by atoms with van der Waals surface area (Å²) < 4.78 is 30.1. The molecule has 5 fully saturated rings. The summed E-state index contributed by atoms with van der Waals surface area (Å²) in [4.78, 5) is 19.3. The second kappa shape index (κ2) is 15.0. The van der Waals surface area contributed by atoms with Gasteiger partial charge in [-0.1, -0.05) is 66.2 Å². The molecule has 4 saturated carbocycles. The fourth-order valence-electron chi connectivity index (χ4n) is 15.4. The Morgan fingerprint density at radius 1 is 0.966 bits per heavy atom. The topological polar surface area (TPSA) is 133 Å². The summed E-state index contributed by atoms with van der Waals surface area (Å²) >= 11 is 0. The fourth-order valence-corrected chi connectivity index (χ4v) is 16.7. The summed E-state index contributed by atoms with van der Waals surface area (Å²) in [5, 5.41) is 24.0. The maximum atomic E-state index is 12.8. The Labute approximate surface area is 348 Å². The van der Waals surface area contributed by atoms with Crippen LogP contribution in [0.4, 0.5) is 0 Å². The minimum Gasteiger partial charge on any atom is -0.481 e. The lowest BCUT2D eigenvalue weighted by Crippen LogP contribution is -2.68. The van der Waals surface area contributed by atoms with Crippen LogP contribution in [0.2, 0.25) is 0 Å². The maximum Gasteiger partial charge on any atom is 0.313 e. The van der Waals surface area contributed by atoms with Crippen molar-refractivity contribution in [2.45, 2.75) is 131 Å². The molecule has 6 aliphatic carbocycles. The Morgan fingerprint density at radius 3 is 2.43 bits per heavy atom. The van der Waals surface area contributed by atoms with E-state index in [1.165, 1.54) is 68.9 Å². The zero-order valence-electron chi connectivity index (χ0n) is 36.2. The zero-order chi connectivity index (χ0) is 41.4. The first kappa shape index (κ1) is 42.0. The Balaban J connectivity index is 0.992. The number of carboxylic acid groups (broad SMARTS) is 1. The van der Waals surface area contributed by atoms with Crippen molar-refractivity contribution in [1.29, 1.82) is 5.26 Å². The van der Waals surface area contributed by atoms with E-state index in [-0.39, 0.29) is 34.1 Å². The second-order valence-electron chi connectivity index (χ2n) is 21.3. The highest BCUT2D eigenvalue weighted by atomic mass is 32.2. The molecule has 1 saturated heterocycles. The summed E-state index contributed by atoms with van der Waals surface area (Å²) in [6.45, 7) is 18.8. The van der Waals surface area contributed by atoms with E-state index in [9.17, 15) is 23.6 Å². The molecule has 10 heteroatoms. The summed E-state index contributed by atoms with van der Waals surface area (Å²) in [6, 6.07) is 7.05. The second-order valence-corrected chi connectivity index (χ2v) is 23.6. The van der Waals surface area contributed by atoms with E-state index in [1.807, 2.05) is 6.07 Å². The number of aliphatic carboxylic acids is 1. The Morgan fingerprint density at radius 2 is 1.74 bits per heavy atom. The number of nitrogens with one attached hydrogen (secondary N) is 1. The first-order valence-electron chi connectivity index (χ1n) is 22.8. The number of fused-ring (bicyclic) bond motifs is 7. The van der Waals surface area contributed by atoms with Gasteiger partial charge >= 0.3 is 5.97 Å². The minimum atomic E-state index is -2.86. The Hall–Kier alpha value is -2.74. The van der Waals surface area contributed by atoms with Gasteiger partial charge in [-0.15, -0.1) is 0 Å². The zero-order valence-corrected chi connectivity index (χ0v) is 37.1. The van der Waals surface area contributed by atoms with Crippen molar-refractivity contribution in [3.63, 3.8) is 0 Å². The molecule has 0 bridgehead atoms. The predicted octanol–water partition coefficient (Wildman–Crippen LogP) is 8.61. The third-order valence-corrected chi connectivity index (χ3v) is 20.4. The number of rotatable bonds is 10. The van der Waals surface area contributed by atoms with Crippen molar-refractivity contribution in [2.24, 2.45) is 56.7 Å². The first-order chi connectivity index (χ1) is 27.5. The summed E-state index contributed by atoms with van der Waals surface area (Å²) in [5.41, 5.74) is 2.98. The van der Waals surface area contributed by atoms with Crippen molar-refractivity contribution >= 4 is 15.8 Å². The minimum absolute atomic E-state index is 0.0117. The van der Waals surface area contributed by atoms with Crippen molar-refractivity contribution in [3.8, 4) is 11.9 Å². The van der Waals surface area contributed by atoms with Crippen LogP contribution in [0.15, 0.2) is 41.5 Å². The number of nitriles is 1. The number of allylic oxidation sites excluding steroid dienone is 4. The van der Waals surface area contributed by atoms with Crippen LogP contribution >= 0.6 is 0 Å². The summed E-state index contributed by atoms with van der Waals surface area (Å²) in [7, 11) is -2.86. The highest BCUT2D eigenvalue weighted by molar-refractivity contribution is 7.91. The van der Waals surface area contributed by atoms with Gasteiger partial charge in [0.15, 0.2) is 9.84 Å². The first-order valence-corrected chi connectivity index (χ1v) is 24.6. The molecule has 0 spiro atoms. The molecule has 10 atom stereocenters. The molecule has 2 N–H and O–H groups in total. The number of ether oxygens (including phenoxy) is 1. The van der Waals surface area contributed by atoms with Gasteiger partial charge in [-0.05, 0) is 146 Å². The number of nitrogens with zero attached hydrogens (tertiary/aromatic N) is 3. The molecule has 1 aliphatic heterocycles. The van der Waals surface area contributed by atoms with Gasteiger partial charge in [0, 0.05) is 37.8 Å². The van der Waals surface area contributed by atoms with Crippen molar-refractivity contribution in [3.05, 3.63) is 47.2 Å². The van der Waals surface area contributed by atoms with Gasteiger partial charge in [0.25, 0.3) is 0 Å². The molecule has 0 radical (unpaired) electrons.